The number of amides is 1. The average molecular weight is 343 g/mol. The lowest BCUT2D eigenvalue weighted by molar-refractivity contribution is -0.125. The third-order valence-electron chi connectivity index (χ3n) is 3.46. The molecule has 1 aromatic heterocycles. The van der Waals surface area contributed by atoms with Gasteiger partial charge in [0.1, 0.15) is 6.10 Å². The lowest BCUT2D eigenvalue weighted by atomic mass is 9.87. The summed E-state index contributed by atoms with van der Waals surface area (Å²) >= 11 is 1.54. The van der Waals surface area contributed by atoms with E-state index in [1.54, 1.807) is 0 Å². The van der Waals surface area contributed by atoms with Gasteiger partial charge in [-0.15, -0.1) is 23.7 Å². The summed E-state index contributed by atoms with van der Waals surface area (Å²) in [7, 11) is 0. The Balaban J connectivity index is 0.00000242. The summed E-state index contributed by atoms with van der Waals surface area (Å²) < 4.78 is 1.13. The molecule has 1 unspecified atom stereocenters. The Morgan fingerprint density at radius 2 is 2.00 bits per heavy atom. The molecule has 0 saturated carbocycles. The number of aliphatic hydroxyl groups excluding tert-OH is 1. The number of halogens is 1. The van der Waals surface area contributed by atoms with Crippen molar-refractivity contribution in [3.8, 4) is 0 Å². The second-order valence-corrected chi connectivity index (χ2v) is 7.41. The van der Waals surface area contributed by atoms with Crippen LogP contribution in [0, 0.1) is 5.41 Å². The zero-order valence-corrected chi connectivity index (χ0v) is 14.6. The van der Waals surface area contributed by atoms with E-state index in [1.165, 1.54) is 11.3 Å². The number of hydrogen-bond donors (Lipinski definition) is 3. The van der Waals surface area contributed by atoms with Gasteiger partial charge in [-0.1, -0.05) is 39.0 Å². The van der Waals surface area contributed by atoms with E-state index in [0.717, 1.165) is 15.0 Å². The molecule has 1 amide bonds. The van der Waals surface area contributed by atoms with Crippen LogP contribution in [0.1, 0.15) is 31.8 Å². The summed E-state index contributed by atoms with van der Waals surface area (Å²) in [5.41, 5.74) is 5.59. The summed E-state index contributed by atoms with van der Waals surface area (Å²) in [6.45, 7) is 5.93. The first-order valence-corrected chi connectivity index (χ1v) is 7.80. The van der Waals surface area contributed by atoms with Gasteiger partial charge in [0.15, 0.2) is 0 Å². The summed E-state index contributed by atoms with van der Waals surface area (Å²) in [4.78, 5) is 12.8. The largest absolute Gasteiger partial charge is 0.386 e. The van der Waals surface area contributed by atoms with Crippen LogP contribution in [0.15, 0.2) is 30.3 Å². The van der Waals surface area contributed by atoms with Crippen molar-refractivity contribution in [2.75, 3.05) is 6.54 Å². The smallest absolute Gasteiger partial charge is 0.237 e. The Bertz CT molecular complexity index is 603. The Labute approximate surface area is 141 Å². The van der Waals surface area contributed by atoms with Crippen LogP contribution in [-0.4, -0.2) is 23.6 Å². The number of carbonyl (C=O) groups is 1. The van der Waals surface area contributed by atoms with Gasteiger partial charge in [0.2, 0.25) is 5.91 Å². The van der Waals surface area contributed by atoms with Crippen LogP contribution in [0.5, 0.6) is 0 Å². The number of benzene rings is 1. The highest BCUT2D eigenvalue weighted by molar-refractivity contribution is 7.19. The van der Waals surface area contributed by atoms with Crippen molar-refractivity contribution in [1.29, 1.82) is 0 Å². The Hall–Kier alpha value is -1.14. The Kier molecular flexibility index (Phi) is 6.38. The van der Waals surface area contributed by atoms with E-state index in [4.69, 9.17) is 5.73 Å². The van der Waals surface area contributed by atoms with Crippen LogP contribution in [-0.2, 0) is 4.79 Å². The molecule has 1 heterocycles. The summed E-state index contributed by atoms with van der Waals surface area (Å²) in [6.07, 6.45) is -0.710. The minimum Gasteiger partial charge on any atom is -0.386 e. The Morgan fingerprint density at radius 1 is 1.36 bits per heavy atom. The molecule has 0 radical (unpaired) electrons. The quantitative estimate of drug-likeness (QED) is 0.799. The molecule has 0 aliphatic heterocycles. The zero-order chi connectivity index (χ0) is 15.6. The van der Waals surface area contributed by atoms with Crippen molar-refractivity contribution >= 4 is 39.7 Å². The molecule has 22 heavy (non-hydrogen) atoms. The van der Waals surface area contributed by atoms with Crippen molar-refractivity contribution in [1.82, 2.24) is 5.32 Å². The van der Waals surface area contributed by atoms with Crippen LogP contribution in [0.2, 0.25) is 0 Å². The molecule has 2 atom stereocenters. The SMILES string of the molecule is CC(C)(C)[C@H](N)C(=O)NCC(O)c1cc2ccccc2s1.Cl. The minimum absolute atomic E-state index is 0. The number of aliphatic hydroxyl groups is 1. The second-order valence-electron chi connectivity index (χ2n) is 6.29. The predicted octanol–water partition coefficient (Wildman–Crippen LogP) is 2.85. The number of nitrogens with two attached hydrogens (primary N) is 1. The van der Waals surface area contributed by atoms with Crippen molar-refractivity contribution in [2.24, 2.45) is 11.1 Å². The molecule has 0 bridgehead atoms. The second kappa shape index (κ2) is 7.42. The molecule has 0 aliphatic rings. The van der Waals surface area contributed by atoms with Crippen LogP contribution in [0.25, 0.3) is 10.1 Å². The minimum atomic E-state index is -0.710. The van der Waals surface area contributed by atoms with E-state index in [9.17, 15) is 9.90 Å². The van der Waals surface area contributed by atoms with E-state index in [1.807, 2.05) is 51.1 Å². The maximum Gasteiger partial charge on any atom is 0.237 e. The molecule has 2 aromatic rings. The first-order valence-electron chi connectivity index (χ1n) is 6.99. The normalized spacial score (nSPS) is 14.2. The van der Waals surface area contributed by atoms with Crippen molar-refractivity contribution in [3.05, 3.63) is 35.2 Å². The molecule has 1 aromatic carbocycles. The molecule has 6 heteroatoms. The van der Waals surface area contributed by atoms with Gasteiger partial charge in [0.25, 0.3) is 0 Å². The van der Waals surface area contributed by atoms with Crippen molar-refractivity contribution in [3.63, 3.8) is 0 Å². The number of hydrogen-bond acceptors (Lipinski definition) is 4. The molecular formula is C16H23ClN2O2S. The summed E-state index contributed by atoms with van der Waals surface area (Å²) in [5.74, 6) is -0.234. The highest BCUT2D eigenvalue weighted by atomic mass is 35.5. The molecule has 122 valence electrons. The van der Waals surface area contributed by atoms with Crippen LogP contribution < -0.4 is 11.1 Å². The molecule has 0 saturated heterocycles. The molecule has 0 aliphatic carbocycles. The number of fused-ring (bicyclic) bond motifs is 1. The third-order valence-corrected chi connectivity index (χ3v) is 4.68. The lowest BCUT2D eigenvalue weighted by Gasteiger charge is -2.26. The third kappa shape index (κ3) is 4.43. The first-order chi connectivity index (χ1) is 9.79. The molecular weight excluding hydrogens is 320 g/mol. The zero-order valence-electron chi connectivity index (χ0n) is 13.0. The number of nitrogens with one attached hydrogen (secondary N) is 1. The predicted molar refractivity (Wildman–Crippen MR) is 94.5 cm³/mol. The van der Waals surface area contributed by atoms with Gasteiger partial charge in [0, 0.05) is 16.1 Å². The molecule has 4 nitrogen and oxygen atoms in total. The molecule has 4 N–H and O–H groups in total. The molecule has 0 spiro atoms. The van der Waals surface area contributed by atoms with Crippen molar-refractivity contribution < 1.29 is 9.90 Å². The van der Waals surface area contributed by atoms with Gasteiger partial charge >= 0.3 is 0 Å². The Morgan fingerprint density at radius 3 is 2.59 bits per heavy atom. The molecule has 0 fully saturated rings. The van der Waals surface area contributed by atoms with Crippen LogP contribution >= 0.6 is 23.7 Å². The fourth-order valence-electron chi connectivity index (χ4n) is 1.97. The van der Waals surface area contributed by atoms with Gasteiger partial charge in [-0.3, -0.25) is 4.79 Å². The van der Waals surface area contributed by atoms with Gasteiger partial charge in [-0.25, -0.2) is 0 Å². The highest BCUT2D eigenvalue weighted by Gasteiger charge is 2.27. The van der Waals surface area contributed by atoms with Gasteiger partial charge < -0.3 is 16.2 Å². The number of carbonyl (C=O) groups excluding carboxylic acids is 1. The van der Waals surface area contributed by atoms with E-state index >= 15 is 0 Å². The van der Waals surface area contributed by atoms with E-state index in [2.05, 4.69) is 5.32 Å². The summed E-state index contributed by atoms with van der Waals surface area (Å²) in [5, 5.41) is 14.0. The standard InChI is InChI=1S/C16H22N2O2S.ClH/c1-16(2,3)14(17)15(20)18-9-11(19)13-8-10-6-4-5-7-12(10)21-13;/h4-8,11,14,19H,9,17H2,1-3H3,(H,18,20);1H/t11?,14-;/m1./s1. The fourth-order valence-corrected chi connectivity index (χ4v) is 3.02. The monoisotopic (exact) mass is 342 g/mol. The number of rotatable bonds is 4. The topological polar surface area (TPSA) is 75.4 Å². The summed E-state index contributed by atoms with van der Waals surface area (Å²) in [6, 6.07) is 9.34. The highest BCUT2D eigenvalue weighted by Crippen LogP contribution is 2.29. The van der Waals surface area contributed by atoms with Crippen molar-refractivity contribution in [2.45, 2.75) is 32.9 Å². The van der Waals surface area contributed by atoms with E-state index < -0.39 is 12.1 Å². The fraction of sp³-hybridized carbons (Fsp3) is 0.438. The van der Waals surface area contributed by atoms with E-state index in [-0.39, 0.29) is 30.3 Å². The molecule has 2 rings (SSSR count). The van der Waals surface area contributed by atoms with Crippen LogP contribution in [0.4, 0.5) is 0 Å². The maximum absolute atomic E-state index is 12.0. The number of thiophene rings is 1. The van der Waals surface area contributed by atoms with Gasteiger partial charge in [0.05, 0.1) is 6.04 Å². The lowest BCUT2D eigenvalue weighted by Crippen LogP contribution is -2.49. The van der Waals surface area contributed by atoms with Gasteiger partial charge in [-0.05, 0) is 22.9 Å². The maximum atomic E-state index is 12.0. The average Bonchev–Trinajstić information content (AvgIpc) is 2.86. The van der Waals surface area contributed by atoms with Gasteiger partial charge in [-0.2, -0.15) is 0 Å². The van der Waals surface area contributed by atoms with E-state index in [0.29, 0.717) is 0 Å². The first kappa shape index (κ1) is 18.9. The van der Waals surface area contributed by atoms with Crippen LogP contribution in [0.3, 0.4) is 0 Å².